The zero-order valence-corrected chi connectivity index (χ0v) is 23.6. The number of esters is 1. The van der Waals surface area contributed by atoms with Crippen molar-refractivity contribution in [2.24, 2.45) is 0 Å². The lowest BCUT2D eigenvalue weighted by atomic mass is 10.1. The van der Waals surface area contributed by atoms with Crippen LogP contribution in [0.3, 0.4) is 0 Å². The number of carbonyl (C=O) groups excluding carboxylic acids is 2. The number of hydrogen-bond donors (Lipinski definition) is 1. The number of halogens is 1. The van der Waals surface area contributed by atoms with Crippen LogP contribution in [-0.4, -0.2) is 57.3 Å². The van der Waals surface area contributed by atoms with Gasteiger partial charge in [0.25, 0.3) is 0 Å². The van der Waals surface area contributed by atoms with Crippen molar-refractivity contribution in [3.63, 3.8) is 0 Å². The second kappa shape index (κ2) is 10.9. The summed E-state index contributed by atoms with van der Waals surface area (Å²) in [6.45, 7) is 12.2. The molecule has 1 N–H and O–H groups in total. The summed E-state index contributed by atoms with van der Waals surface area (Å²) in [5.41, 5.74) is 1.84. The largest absolute Gasteiger partial charge is 0.456 e. The zero-order chi connectivity index (χ0) is 27.7. The number of hydrogen-bond acceptors (Lipinski definition) is 6. The SMILES string of the molecule is CC(C)(C)OC(=O)c1c(COC2CCN(C(=O)OC(C)(C)C)CC2)nc(Cl)c2cc(-c3ccccc3)[nH]c12. The van der Waals surface area contributed by atoms with Gasteiger partial charge >= 0.3 is 12.1 Å². The summed E-state index contributed by atoms with van der Waals surface area (Å²) in [7, 11) is 0. The highest BCUT2D eigenvalue weighted by molar-refractivity contribution is 6.35. The molecule has 0 spiro atoms. The average molecular weight is 542 g/mol. The second-order valence-electron chi connectivity index (χ2n) is 11.5. The predicted molar refractivity (Wildman–Crippen MR) is 147 cm³/mol. The number of benzene rings is 1. The minimum absolute atomic E-state index is 0.0844. The van der Waals surface area contributed by atoms with E-state index in [4.69, 9.17) is 25.8 Å². The van der Waals surface area contributed by atoms with Gasteiger partial charge in [-0.3, -0.25) is 0 Å². The monoisotopic (exact) mass is 541 g/mol. The number of nitrogens with one attached hydrogen (secondary N) is 1. The molecule has 3 aromatic rings. The fourth-order valence-corrected chi connectivity index (χ4v) is 4.60. The van der Waals surface area contributed by atoms with Gasteiger partial charge in [0.2, 0.25) is 0 Å². The first-order chi connectivity index (χ1) is 17.8. The molecule has 1 aromatic carbocycles. The van der Waals surface area contributed by atoms with Crippen LogP contribution in [0.15, 0.2) is 36.4 Å². The Labute approximate surface area is 228 Å². The first-order valence-electron chi connectivity index (χ1n) is 12.9. The van der Waals surface area contributed by atoms with Crippen molar-refractivity contribution < 1.29 is 23.8 Å². The smallest absolute Gasteiger partial charge is 0.410 e. The van der Waals surface area contributed by atoms with E-state index >= 15 is 0 Å². The second-order valence-corrected chi connectivity index (χ2v) is 11.9. The highest BCUT2D eigenvalue weighted by Crippen LogP contribution is 2.33. The fraction of sp³-hybridized carbons (Fsp3) is 0.483. The third-order valence-corrected chi connectivity index (χ3v) is 6.34. The third-order valence-electron chi connectivity index (χ3n) is 6.05. The average Bonchev–Trinajstić information content (AvgIpc) is 3.27. The Morgan fingerprint density at radius 1 is 1.03 bits per heavy atom. The summed E-state index contributed by atoms with van der Waals surface area (Å²) < 4.78 is 17.4. The number of nitrogens with zero attached hydrogens (tertiary/aromatic N) is 2. The number of H-pyrrole nitrogens is 1. The Balaban J connectivity index is 1.57. The van der Waals surface area contributed by atoms with Gasteiger partial charge in [0.15, 0.2) is 0 Å². The number of pyridine rings is 1. The van der Waals surface area contributed by atoms with E-state index in [9.17, 15) is 9.59 Å². The van der Waals surface area contributed by atoms with Gasteiger partial charge in [0, 0.05) is 24.2 Å². The first kappa shape index (κ1) is 27.9. The number of aromatic nitrogens is 2. The van der Waals surface area contributed by atoms with Gasteiger partial charge in [-0.15, -0.1) is 0 Å². The molecule has 4 rings (SSSR count). The molecule has 1 saturated heterocycles. The zero-order valence-electron chi connectivity index (χ0n) is 22.9. The molecule has 3 heterocycles. The molecule has 2 aromatic heterocycles. The van der Waals surface area contributed by atoms with Crippen LogP contribution >= 0.6 is 11.6 Å². The summed E-state index contributed by atoms with van der Waals surface area (Å²) in [5.74, 6) is -0.494. The number of fused-ring (bicyclic) bond motifs is 1. The lowest BCUT2D eigenvalue weighted by molar-refractivity contribution is -0.0188. The van der Waals surface area contributed by atoms with Crippen molar-refractivity contribution in [2.75, 3.05) is 13.1 Å². The lowest BCUT2D eigenvalue weighted by Crippen LogP contribution is -2.43. The van der Waals surface area contributed by atoms with Crippen LogP contribution in [0.2, 0.25) is 5.15 Å². The molecule has 0 atom stereocenters. The molecule has 1 amide bonds. The van der Waals surface area contributed by atoms with Crippen LogP contribution in [0.1, 0.15) is 70.4 Å². The Hall–Kier alpha value is -3.10. The van der Waals surface area contributed by atoms with Gasteiger partial charge < -0.3 is 24.1 Å². The van der Waals surface area contributed by atoms with Gasteiger partial charge in [-0.05, 0) is 66.0 Å². The Morgan fingerprint density at radius 3 is 2.26 bits per heavy atom. The molecule has 1 aliphatic heterocycles. The molecule has 0 unspecified atom stereocenters. The molecule has 204 valence electrons. The van der Waals surface area contributed by atoms with E-state index in [1.807, 2.05) is 77.9 Å². The minimum Gasteiger partial charge on any atom is -0.456 e. The minimum atomic E-state index is -0.690. The van der Waals surface area contributed by atoms with Crippen molar-refractivity contribution in [2.45, 2.75) is 78.3 Å². The molecule has 8 nitrogen and oxygen atoms in total. The number of ether oxygens (including phenoxy) is 3. The Morgan fingerprint density at radius 2 is 1.66 bits per heavy atom. The fourth-order valence-electron chi connectivity index (χ4n) is 4.35. The van der Waals surface area contributed by atoms with Crippen molar-refractivity contribution >= 4 is 34.6 Å². The van der Waals surface area contributed by atoms with Gasteiger partial charge in [-0.25, -0.2) is 14.6 Å². The highest BCUT2D eigenvalue weighted by Gasteiger charge is 2.30. The lowest BCUT2D eigenvalue weighted by Gasteiger charge is -2.33. The number of rotatable bonds is 5. The molecule has 0 bridgehead atoms. The highest BCUT2D eigenvalue weighted by atomic mass is 35.5. The summed E-state index contributed by atoms with van der Waals surface area (Å²) in [6.07, 6.45) is 0.887. The molecular weight excluding hydrogens is 506 g/mol. The number of carbonyl (C=O) groups is 2. The van der Waals surface area contributed by atoms with E-state index in [2.05, 4.69) is 9.97 Å². The van der Waals surface area contributed by atoms with Crippen molar-refractivity contribution in [3.05, 3.63) is 52.8 Å². The van der Waals surface area contributed by atoms with E-state index < -0.39 is 17.2 Å². The van der Waals surface area contributed by atoms with Gasteiger partial charge in [0.05, 0.1) is 23.9 Å². The van der Waals surface area contributed by atoms with Crippen LogP contribution in [0.5, 0.6) is 0 Å². The van der Waals surface area contributed by atoms with E-state index in [1.165, 1.54) is 0 Å². The van der Waals surface area contributed by atoms with Crippen LogP contribution in [-0.2, 0) is 20.8 Å². The summed E-state index contributed by atoms with van der Waals surface area (Å²) in [4.78, 5) is 35.4. The van der Waals surface area contributed by atoms with Crippen LogP contribution in [0, 0.1) is 0 Å². The van der Waals surface area contributed by atoms with Gasteiger partial charge in [0.1, 0.15) is 21.9 Å². The number of aromatic amines is 1. The van der Waals surface area contributed by atoms with E-state index in [0.717, 1.165) is 11.3 Å². The number of piperidine rings is 1. The van der Waals surface area contributed by atoms with Gasteiger partial charge in [-0.2, -0.15) is 0 Å². The van der Waals surface area contributed by atoms with E-state index in [0.29, 0.717) is 48.1 Å². The quantitative estimate of drug-likeness (QED) is 0.283. The Kier molecular flexibility index (Phi) is 8.04. The summed E-state index contributed by atoms with van der Waals surface area (Å²) in [6, 6.07) is 11.7. The van der Waals surface area contributed by atoms with Crippen LogP contribution in [0.25, 0.3) is 22.2 Å². The molecule has 38 heavy (non-hydrogen) atoms. The topological polar surface area (TPSA) is 93.8 Å². The maximum absolute atomic E-state index is 13.4. The normalized spacial score (nSPS) is 15.1. The number of amides is 1. The van der Waals surface area contributed by atoms with E-state index in [1.54, 1.807) is 4.90 Å². The first-order valence-corrected chi connectivity index (χ1v) is 13.3. The van der Waals surface area contributed by atoms with Crippen LogP contribution in [0.4, 0.5) is 4.79 Å². The molecule has 0 saturated carbocycles. The number of likely N-dealkylation sites (tertiary alicyclic amines) is 1. The molecule has 1 aliphatic rings. The maximum atomic E-state index is 13.4. The molecule has 9 heteroatoms. The molecule has 0 aliphatic carbocycles. The van der Waals surface area contributed by atoms with Gasteiger partial charge in [-0.1, -0.05) is 41.9 Å². The third kappa shape index (κ3) is 6.85. The van der Waals surface area contributed by atoms with Crippen molar-refractivity contribution in [3.8, 4) is 11.3 Å². The molecular formula is C29H36ClN3O5. The van der Waals surface area contributed by atoms with Crippen molar-refractivity contribution in [1.82, 2.24) is 14.9 Å². The summed E-state index contributed by atoms with van der Waals surface area (Å²) >= 11 is 6.60. The standard InChI is InChI=1S/C29H36ClN3O5/c1-28(2,3)37-26(34)23-22(17-36-19-12-14-33(15-13-19)27(35)38-29(4,5)6)32-25(30)20-16-21(31-24(20)23)18-10-8-7-9-11-18/h7-11,16,19,31H,12-15,17H2,1-6H3. The maximum Gasteiger partial charge on any atom is 0.410 e. The molecule has 1 fully saturated rings. The Bertz CT molecular complexity index is 1300. The molecule has 0 radical (unpaired) electrons. The predicted octanol–water partition coefficient (Wildman–Crippen LogP) is 6.75. The summed E-state index contributed by atoms with van der Waals surface area (Å²) in [5, 5.41) is 0.921. The van der Waals surface area contributed by atoms with Crippen molar-refractivity contribution in [1.29, 1.82) is 0 Å². The van der Waals surface area contributed by atoms with E-state index in [-0.39, 0.29) is 24.0 Å². The van der Waals surface area contributed by atoms with Crippen LogP contribution < -0.4 is 0 Å².